The Kier molecular flexibility index (Phi) is 3.85. The van der Waals surface area contributed by atoms with Gasteiger partial charge in [-0.3, -0.25) is 4.98 Å². The molecule has 0 aliphatic rings. The van der Waals surface area contributed by atoms with Gasteiger partial charge in [0.25, 0.3) is 0 Å². The van der Waals surface area contributed by atoms with E-state index in [-0.39, 0.29) is 16.3 Å². The van der Waals surface area contributed by atoms with Gasteiger partial charge in [0.05, 0.1) is 17.1 Å². The summed E-state index contributed by atoms with van der Waals surface area (Å²) < 4.78 is 2.28. The molecule has 0 spiro atoms. The summed E-state index contributed by atoms with van der Waals surface area (Å²) in [6.07, 6.45) is 4.67. The smallest absolute Gasteiger partial charge is 0.128 e. The van der Waals surface area contributed by atoms with Crippen molar-refractivity contribution < 1.29 is 0 Å². The Morgan fingerprint density at radius 3 is 2.45 bits per heavy atom. The lowest BCUT2D eigenvalue weighted by Crippen LogP contribution is -2.33. The van der Waals surface area contributed by atoms with Gasteiger partial charge in [0, 0.05) is 11.7 Å². The molecule has 20 heavy (non-hydrogen) atoms. The number of pyridine rings is 1. The Labute approximate surface area is 126 Å². The van der Waals surface area contributed by atoms with Gasteiger partial charge in [0.2, 0.25) is 0 Å². The minimum absolute atomic E-state index is 0.0488. The molecule has 2 rings (SSSR count). The van der Waals surface area contributed by atoms with E-state index in [1.165, 1.54) is 0 Å². The average Bonchev–Trinajstić information content (AvgIpc) is 2.65. The molecule has 0 N–H and O–H groups in total. The van der Waals surface area contributed by atoms with Crippen LogP contribution in [0, 0.1) is 5.41 Å². The molecule has 2 aromatic heterocycles. The van der Waals surface area contributed by atoms with Crippen LogP contribution in [0.5, 0.6) is 0 Å². The van der Waals surface area contributed by atoms with Crippen molar-refractivity contribution in [2.24, 2.45) is 5.41 Å². The highest BCUT2D eigenvalue weighted by atomic mass is 35.5. The fourth-order valence-electron chi connectivity index (χ4n) is 3.23. The van der Waals surface area contributed by atoms with Crippen LogP contribution in [0.3, 0.4) is 0 Å². The van der Waals surface area contributed by atoms with E-state index in [0.29, 0.717) is 0 Å². The lowest BCUT2D eigenvalue weighted by atomic mass is 9.81. The van der Waals surface area contributed by atoms with E-state index in [9.17, 15) is 0 Å². The third kappa shape index (κ3) is 2.98. The molecule has 2 aromatic rings. The van der Waals surface area contributed by atoms with Crippen LogP contribution in [-0.4, -0.2) is 14.5 Å². The Balaban J connectivity index is 2.65. The molecule has 4 heteroatoms. The lowest BCUT2D eigenvalue weighted by molar-refractivity contribution is 0.215. The second-order valence-corrected chi connectivity index (χ2v) is 7.99. The van der Waals surface area contributed by atoms with Gasteiger partial charge in [-0.05, 0) is 38.7 Å². The Morgan fingerprint density at radius 2 is 1.90 bits per heavy atom. The first-order valence-electron chi connectivity index (χ1n) is 7.09. The number of fused-ring (bicyclic) bond motifs is 1. The number of aromatic nitrogens is 3. The van der Waals surface area contributed by atoms with Crippen LogP contribution in [0.2, 0.25) is 0 Å². The fraction of sp³-hybridized carbons (Fsp3) is 0.625. The van der Waals surface area contributed by atoms with Crippen LogP contribution in [-0.2, 0) is 5.54 Å². The molecule has 0 aromatic carbocycles. The normalized spacial score (nSPS) is 14.8. The number of imidazole rings is 1. The highest BCUT2D eigenvalue weighted by Gasteiger charge is 2.31. The van der Waals surface area contributed by atoms with Gasteiger partial charge in [-0.25, -0.2) is 4.98 Å². The van der Waals surface area contributed by atoms with E-state index in [4.69, 9.17) is 11.6 Å². The lowest BCUT2D eigenvalue weighted by Gasteiger charge is -2.35. The molecule has 3 nitrogen and oxygen atoms in total. The number of halogens is 1. The van der Waals surface area contributed by atoms with Gasteiger partial charge in [0.1, 0.15) is 11.3 Å². The standard InChI is InChI=1S/C16H24ClN3/c1-11(17)14-19-12-9-18-8-7-13(12)20(14)16(5,6)10-15(2,3)4/h7-9,11H,10H2,1-6H3. The highest BCUT2D eigenvalue weighted by molar-refractivity contribution is 6.20. The van der Waals surface area contributed by atoms with Crippen LogP contribution >= 0.6 is 11.6 Å². The van der Waals surface area contributed by atoms with E-state index < -0.39 is 0 Å². The van der Waals surface area contributed by atoms with Gasteiger partial charge >= 0.3 is 0 Å². The van der Waals surface area contributed by atoms with Gasteiger partial charge in [-0.1, -0.05) is 20.8 Å². The number of rotatable bonds is 3. The first-order chi connectivity index (χ1) is 9.12. The first-order valence-corrected chi connectivity index (χ1v) is 7.52. The third-order valence-corrected chi connectivity index (χ3v) is 3.60. The molecular formula is C16H24ClN3. The van der Waals surface area contributed by atoms with Crippen molar-refractivity contribution in [1.82, 2.24) is 14.5 Å². The first kappa shape index (κ1) is 15.3. The van der Waals surface area contributed by atoms with Gasteiger partial charge in [-0.15, -0.1) is 11.6 Å². The number of hydrogen-bond acceptors (Lipinski definition) is 2. The summed E-state index contributed by atoms with van der Waals surface area (Å²) in [5, 5.41) is -0.123. The largest absolute Gasteiger partial charge is 0.321 e. The SMILES string of the molecule is CC(Cl)c1nc2cnccc2n1C(C)(C)CC(C)(C)C. The second-order valence-electron chi connectivity index (χ2n) is 7.34. The molecule has 0 amide bonds. The minimum Gasteiger partial charge on any atom is -0.321 e. The zero-order chi connectivity index (χ0) is 15.1. The summed E-state index contributed by atoms with van der Waals surface area (Å²) >= 11 is 6.35. The molecule has 110 valence electrons. The van der Waals surface area contributed by atoms with Crippen LogP contribution < -0.4 is 0 Å². The average molecular weight is 294 g/mol. The summed E-state index contributed by atoms with van der Waals surface area (Å²) in [5.41, 5.74) is 2.21. The Bertz CT molecular complexity index is 606. The van der Waals surface area contributed by atoms with Gasteiger partial charge in [-0.2, -0.15) is 0 Å². The highest BCUT2D eigenvalue weighted by Crippen LogP contribution is 2.37. The van der Waals surface area contributed by atoms with E-state index >= 15 is 0 Å². The van der Waals surface area contributed by atoms with Crippen molar-refractivity contribution in [3.63, 3.8) is 0 Å². The topological polar surface area (TPSA) is 30.7 Å². The third-order valence-electron chi connectivity index (χ3n) is 3.41. The zero-order valence-electron chi connectivity index (χ0n) is 13.2. The molecule has 0 radical (unpaired) electrons. The molecule has 1 atom stereocenters. The van der Waals surface area contributed by atoms with Gasteiger partial charge in [0.15, 0.2) is 0 Å². The molecule has 0 aliphatic carbocycles. The van der Waals surface area contributed by atoms with Crippen LogP contribution in [0.1, 0.15) is 59.2 Å². The van der Waals surface area contributed by atoms with Crippen molar-refractivity contribution >= 4 is 22.6 Å². The van der Waals surface area contributed by atoms with Crippen LogP contribution in [0.15, 0.2) is 18.5 Å². The minimum atomic E-state index is -0.123. The van der Waals surface area contributed by atoms with Crippen LogP contribution in [0.4, 0.5) is 0 Å². The zero-order valence-corrected chi connectivity index (χ0v) is 14.0. The summed E-state index contributed by atoms with van der Waals surface area (Å²) in [5.74, 6) is 0.920. The van der Waals surface area contributed by atoms with Crippen molar-refractivity contribution in [2.45, 2.75) is 58.9 Å². The number of hydrogen-bond donors (Lipinski definition) is 0. The quantitative estimate of drug-likeness (QED) is 0.753. The summed E-state index contributed by atoms with van der Waals surface area (Å²) in [4.78, 5) is 8.84. The molecule has 0 saturated heterocycles. The van der Waals surface area contributed by atoms with E-state index in [2.05, 4.69) is 49.2 Å². The van der Waals surface area contributed by atoms with E-state index in [1.54, 1.807) is 0 Å². The maximum absolute atomic E-state index is 6.35. The molecule has 1 unspecified atom stereocenters. The number of alkyl halides is 1. The fourth-order valence-corrected chi connectivity index (χ4v) is 3.38. The van der Waals surface area contributed by atoms with Crippen molar-refractivity contribution in [2.75, 3.05) is 0 Å². The van der Waals surface area contributed by atoms with E-state index in [1.807, 2.05) is 25.4 Å². The summed E-state index contributed by atoms with van der Waals surface area (Å²) in [7, 11) is 0. The predicted molar refractivity (Wildman–Crippen MR) is 85.2 cm³/mol. The Morgan fingerprint density at radius 1 is 1.25 bits per heavy atom. The molecular weight excluding hydrogens is 270 g/mol. The van der Waals surface area contributed by atoms with Gasteiger partial charge < -0.3 is 4.57 Å². The van der Waals surface area contributed by atoms with Crippen LogP contribution in [0.25, 0.3) is 11.0 Å². The Hall–Kier alpha value is -1.09. The van der Waals surface area contributed by atoms with E-state index in [0.717, 1.165) is 23.3 Å². The second kappa shape index (κ2) is 5.03. The predicted octanol–water partition coefficient (Wildman–Crippen LogP) is 4.90. The molecule has 0 fully saturated rings. The maximum atomic E-state index is 6.35. The summed E-state index contributed by atoms with van der Waals surface area (Å²) in [6.45, 7) is 13.3. The maximum Gasteiger partial charge on any atom is 0.128 e. The van der Waals surface area contributed by atoms with Crippen molar-refractivity contribution in [1.29, 1.82) is 0 Å². The molecule has 0 aliphatic heterocycles. The van der Waals surface area contributed by atoms with Crippen molar-refractivity contribution in [3.05, 3.63) is 24.3 Å². The molecule has 0 saturated carbocycles. The summed E-state index contributed by atoms with van der Waals surface area (Å²) in [6, 6.07) is 2.02. The van der Waals surface area contributed by atoms with Crippen molar-refractivity contribution in [3.8, 4) is 0 Å². The molecule has 2 heterocycles. The number of nitrogens with zero attached hydrogens (tertiary/aromatic N) is 3. The molecule has 0 bridgehead atoms. The monoisotopic (exact) mass is 293 g/mol.